The standard InChI is InChI=1S/C23H13ClN6O2S/c24-19-9-14(12-33-19)20-21(30-17-8-4-3-7-16(17)27-28-30)22(31)29(23(32)26-20)18-11-25-10-13-5-1-2-6-15(13)18/h1-12H,(H,26,32). The SMILES string of the molecule is O=c1[nH]c(-c2csc(Cl)c2)c(-n2nnc3ccccc32)c(=O)n1-c1cncc2ccccc12. The third kappa shape index (κ3) is 3.09. The number of H-pyrrole nitrogens is 1. The van der Waals surface area contributed by atoms with Gasteiger partial charge in [0, 0.05) is 27.9 Å². The first-order valence-electron chi connectivity index (χ1n) is 9.89. The molecule has 10 heteroatoms. The summed E-state index contributed by atoms with van der Waals surface area (Å²) in [5, 5.41) is 11.7. The number of benzene rings is 2. The van der Waals surface area contributed by atoms with Crippen molar-refractivity contribution in [3.8, 4) is 22.6 Å². The minimum absolute atomic E-state index is 0.158. The first-order valence-corrected chi connectivity index (χ1v) is 11.2. The molecule has 0 aliphatic heterocycles. The Morgan fingerprint density at radius 1 is 1.00 bits per heavy atom. The Balaban J connectivity index is 1.75. The van der Waals surface area contributed by atoms with Gasteiger partial charge >= 0.3 is 5.69 Å². The van der Waals surface area contributed by atoms with Crippen LogP contribution in [-0.4, -0.2) is 29.5 Å². The highest BCUT2D eigenvalue weighted by molar-refractivity contribution is 7.14. The van der Waals surface area contributed by atoms with E-state index >= 15 is 0 Å². The van der Waals surface area contributed by atoms with Gasteiger partial charge in [-0.05, 0) is 18.2 Å². The molecule has 0 aliphatic rings. The second-order valence-electron chi connectivity index (χ2n) is 7.30. The molecule has 160 valence electrons. The molecule has 0 atom stereocenters. The topological polar surface area (TPSA) is 98.5 Å². The average Bonchev–Trinajstić information content (AvgIpc) is 3.45. The molecule has 2 aromatic carbocycles. The molecular formula is C23H13ClN6O2S. The lowest BCUT2D eigenvalue weighted by molar-refractivity contribution is 0.779. The molecule has 8 nitrogen and oxygen atoms in total. The number of nitrogens with zero attached hydrogens (tertiary/aromatic N) is 5. The third-order valence-corrected chi connectivity index (χ3v) is 6.48. The number of thiophene rings is 1. The van der Waals surface area contributed by atoms with E-state index in [-0.39, 0.29) is 5.69 Å². The Bertz CT molecular complexity index is 1790. The first kappa shape index (κ1) is 19.6. The predicted molar refractivity (Wildman–Crippen MR) is 129 cm³/mol. The van der Waals surface area contributed by atoms with Crippen molar-refractivity contribution in [1.82, 2.24) is 29.5 Å². The summed E-state index contributed by atoms with van der Waals surface area (Å²) in [4.78, 5) is 34.4. The van der Waals surface area contributed by atoms with Crippen LogP contribution in [0, 0.1) is 0 Å². The summed E-state index contributed by atoms with van der Waals surface area (Å²) >= 11 is 7.46. The maximum Gasteiger partial charge on any atom is 0.333 e. The second-order valence-corrected chi connectivity index (χ2v) is 8.85. The molecule has 6 rings (SSSR count). The number of para-hydroxylation sites is 1. The van der Waals surface area contributed by atoms with Crippen molar-refractivity contribution >= 4 is 44.7 Å². The normalized spacial score (nSPS) is 11.4. The summed E-state index contributed by atoms with van der Waals surface area (Å²) in [6.45, 7) is 0. The molecule has 33 heavy (non-hydrogen) atoms. The summed E-state index contributed by atoms with van der Waals surface area (Å²) in [7, 11) is 0. The van der Waals surface area contributed by atoms with E-state index in [4.69, 9.17) is 11.6 Å². The molecular weight excluding hydrogens is 460 g/mol. The quantitative estimate of drug-likeness (QED) is 0.416. The van der Waals surface area contributed by atoms with Gasteiger partial charge in [0.2, 0.25) is 0 Å². The lowest BCUT2D eigenvalue weighted by Gasteiger charge is -2.13. The van der Waals surface area contributed by atoms with Gasteiger partial charge in [-0.25, -0.2) is 14.0 Å². The third-order valence-electron chi connectivity index (χ3n) is 5.39. The van der Waals surface area contributed by atoms with Crippen LogP contribution in [0.4, 0.5) is 0 Å². The van der Waals surface area contributed by atoms with E-state index < -0.39 is 11.2 Å². The number of rotatable bonds is 3. The number of nitrogens with one attached hydrogen (secondary N) is 1. The molecule has 0 radical (unpaired) electrons. The second kappa shape index (κ2) is 7.51. The van der Waals surface area contributed by atoms with Crippen molar-refractivity contribution in [2.45, 2.75) is 0 Å². The number of hydrogen-bond donors (Lipinski definition) is 1. The molecule has 0 aliphatic carbocycles. The monoisotopic (exact) mass is 472 g/mol. The molecule has 0 spiro atoms. The smallest absolute Gasteiger partial charge is 0.304 e. The van der Waals surface area contributed by atoms with Gasteiger partial charge in [-0.1, -0.05) is 53.2 Å². The molecule has 1 N–H and O–H groups in total. The zero-order valence-electron chi connectivity index (χ0n) is 16.8. The summed E-state index contributed by atoms with van der Waals surface area (Å²) in [6, 6.07) is 16.4. The van der Waals surface area contributed by atoms with Crippen molar-refractivity contribution in [2.24, 2.45) is 0 Å². The lowest BCUT2D eigenvalue weighted by atomic mass is 10.1. The molecule has 4 heterocycles. The zero-order valence-corrected chi connectivity index (χ0v) is 18.3. The van der Waals surface area contributed by atoms with Crippen LogP contribution < -0.4 is 11.2 Å². The first-order chi connectivity index (χ1) is 16.1. The van der Waals surface area contributed by atoms with Gasteiger partial charge in [0.25, 0.3) is 5.56 Å². The van der Waals surface area contributed by atoms with Crippen LogP contribution in [-0.2, 0) is 0 Å². The van der Waals surface area contributed by atoms with E-state index in [1.165, 1.54) is 22.2 Å². The molecule has 0 bridgehead atoms. The summed E-state index contributed by atoms with van der Waals surface area (Å²) in [6.07, 6.45) is 3.19. The minimum Gasteiger partial charge on any atom is -0.304 e. The average molecular weight is 473 g/mol. The Hall–Kier alpha value is -4.08. The van der Waals surface area contributed by atoms with Crippen LogP contribution in [0.1, 0.15) is 0 Å². The Labute approximate surface area is 194 Å². The molecule has 0 amide bonds. The summed E-state index contributed by atoms with van der Waals surface area (Å²) in [5.41, 5.74) is 1.56. The fourth-order valence-electron chi connectivity index (χ4n) is 3.91. The minimum atomic E-state index is -0.594. The summed E-state index contributed by atoms with van der Waals surface area (Å²) in [5.74, 6) is 0. The van der Waals surface area contributed by atoms with Crippen molar-refractivity contribution in [2.75, 3.05) is 0 Å². The fraction of sp³-hybridized carbons (Fsp3) is 0. The highest BCUT2D eigenvalue weighted by Gasteiger charge is 2.22. The Kier molecular flexibility index (Phi) is 4.46. The van der Waals surface area contributed by atoms with Crippen LogP contribution in [0.2, 0.25) is 4.34 Å². The highest BCUT2D eigenvalue weighted by atomic mass is 35.5. The number of aromatic amines is 1. The van der Waals surface area contributed by atoms with E-state index in [1.807, 2.05) is 42.5 Å². The lowest BCUT2D eigenvalue weighted by Crippen LogP contribution is -2.37. The van der Waals surface area contributed by atoms with Gasteiger partial charge in [-0.2, -0.15) is 0 Å². The van der Waals surface area contributed by atoms with Gasteiger partial charge < -0.3 is 4.98 Å². The van der Waals surface area contributed by atoms with Crippen molar-refractivity contribution in [3.63, 3.8) is 0 Å². The van der Waals surface area contributed by atoms with Crippen molar-refractivity contribution < 1.29 is 0 Å². The molecule has 0 fully saturated rings. The number of hydrogen-bond acceptors (Lipinski definition) is 6. The summed E-state index contributed by atoms with van der Waals surface area (Å²) < 4.78 is 3.06. The predicted octanol–water partition coefficient (Wildman–Crippen LogP) is 4.19. The van der Waals surface area contributed by atoms with Crippen LogP contribution in [0.5, 0.6) is 0 Å². The van der Waals surface area contributed by atoms with Crippen LogP contribution in [0.25, 0.3) is 44.4 Å². The Morgan fingerprint density at radius 2 is 1.82 bits per heavy atom. The van der Waals surface area contributed by atoms with Gasteiger partial charge in [0.15, 0.2) is 5.69 Å². The zero-order chi connectivity index (χ0) is 22.5. The number of pyridine rings is 1. The largest absolute Gasteiger partial charge is 0.333 e. The number of aromatic nitrogens is 6. The van der Waals surface area contributed by atoms with Crippen LogP contribution >= 0.6 is 22.9 Å². The van der Waals surface area contributed by atoms with E-state index in [1.54, 1.807) is 23.7 Å². The van der Waals surface area contributed by atoms with Gasteiger partial charge in [0.1, 0.15) is 5.52 Å². The Morgan fingerprint density at radius 3 is 2.67 bits per heavy atom. The molecule has 0 saturated carbocycles. The van der Waals surface area contributed by atoms with E-state index in [2.05, 4.69) is 20.3 Å². The van der Waals surface area contributed by atoms with E-state index in [9.17, 15) is 9.59 Å². The van der Waals surface area contributed by atoms with Crippen molar-refractivity contribution in [3.05, 3.63) is 97.5 Å². The number of halogens is 1. The van der Waals surface area contributed by atoms with E-state index in [0.717, 1.165) is 15.3 Å². The molecule has 6 aromatic rings. The maximum atomic E-state index is 14.0. The van der Waals surface area contributed by atoms with E-state index in [0.29, 0.717) is 32.3 Å². The van der Waals surface area contributed by atoms with Gasteiger partial charge in [-0.15, -0.1) is 16.4 Å². The number of fused-ring (bicyclic) bond motifs is 2. The fourth-order valence-corrected chi connectivity index (χ4v) is 4.78. The molecule has 0 unspecified atom stereocenters. The maximum absolute atomic E-state index is 14.0. The van der Waals surface area contributed by atoms with Crippen LogP contribution in [0.15, 0.2) is 82.0 Å². The van der Waals surface area contributed by atoms with Crippen LogP contribution in [0.3, 0.4) is 0 Å². The molecule has 0 saturated heterocycles. The highest BCUT2D eigenvalue weighted by Crippen LogP contribution is 2.30. The molecule has 4 aromatic heterocycles. The van der Waals surface area contributed by atoms with Gasteiger partial charge in [-0.3, -0.25) is 9.78 Å². The van der Waals surface area contributed by atoms with Gasteiger partial charge in [0.05, 0.1) is 27.4 Å². The van der Waals surface area contributed by atoms with Crippen molar-refractivity contribution in [1.29, 1.82) is 0 Å².